The number of imidazole rings is 1. The van der Waals surface area contributed by atoms with E-state index in [1.54, 1.807) is 0 Å². The molecule has 0 radical (unpaired) electrons. The largest absolute Gasteiger partial charge is 0.356 e. The first-order valence-electron chi connectivity index (χ1n) is 3.33. The molecule has 0 spiro atoms. The van der Waals surface area contributed by atoms with Crippen LogP contribution in [-0.2, 0) is 6.54 Å². The summed E-state index contributed by atoms with van der Waals surface area (Å²) in [5.41, 5.74) is 0. The molecule has 2 heterocycles. The molecule has 0 saturated heterocycles. The Morgan fingerprint density at radius 2 is 2.60 bits per heavy atom. The highest BCUT2D eigenvalue weighted by Crippen LogP contribution is 2.16. The molecule has 0 bridgehead atoms. The van der Waals surface area contributed by atoms with E-state index in [1.807, 2.05) is 10.8 Å². The summed E-state index contributed by atoms with van der Waals surface area (Å²) in [7, 11) is 0. The van der Waals surface area contributed by atoms with Crippen molar-refractivity contribution in [2.75, 3.05) is 11.9 Å². The van der Waals surface area contributed by atoms with Crippen molar-refractivity contribution in [2.24, 2.45) is 0 Å². The Bertz CT molecular complexity index is 220. The Balaban J connectivity index is 2.41. The second kappa shape index (κ2) is 2.16. The molecule has 0 atom stereocenters. The second-order valence-corrected chi connectivity index (χ2v) is 2.75. The van der Waals surface area contributed by atoms with Crippen molar-refractivity contribution in [1.29, 1.82) is 0 Å². The van der Waals surface area contributed by atoms with E-state index in [0.29, 0.717) is 5.15 Å². The maximum atomic E-state index is 5.68. The molecule has 10 heavy (non-hydrogen) atoms. The number of hydrogen-bond acceptors (Lipinski definition) is 2. The summed E-state index contributed by atoms with van der Waals surface area (Å²) in [4.78, 5) is 4.07. The average Bonchev–Trinajstić information content (AvgIpc) is 2.27. The number of aromatic nitrogens is 2. The molecule has 0 aromatic carbocycles. The Hall–Kier alpha value is -0.700. The molecule has 4 heteroatoms. The number of anilines is 1. The Morgan fingerprint density at radius 1 is 1.70 bits per heavy atom. The lowest BCUT2D eigenvalue weighted by molar-refractivity contribution is 0.627. The van der Waals surface area contributed by atoms with Gasteiger partial charge < -0.3 is 9.88 Å². The molecule has 1 aliphatic heterocycles. The van der Waals surface area contributed by atoms with Gasteiger partial charge in [-0.25, -0.2) is 4.98 Å². The Labute approximate surface area is 64.0 Å². The van der Waals surface area contributed by atoms with Crippen LogP contribution in [-0.4, -0.2) is 16.1 Å². The van der Waals surface area contributed by atoms with Crippen molar-refractivity contribution < 1.29 is 0 Å². The quantitative estimate of drug-likeness (QED) is 0.616. The molecule has 0 saturated carbocycles. The van der Waals surface area contributed by atoms with Gasteiger partial charge in [0.1, 0.15) is 5.15 Å². The van der Waals surface area contributed by atoms with Gasteiger partial charge in [0, 0.05) is 19.3 Å². The van der Waals surface area contributed by atoms with Gasteiger partial charge in [-0.05, 0) is 6.42 Å². The van der Waals surface area contributed by atoms with Crippen LogP contribution in [0.4, 0.5) is 5.95 Å². The fourth-order valence-electron chi connectivity index (χ4n) is 1.15. The molecule has 1 N–H and O–H groups in total. The van der Waals surface area contributed by atoms with Gasteiger partial charge in [0.15, 0.2) is 0 Å². The van der Waals surface area contributed by atoms with E-state index in [9.17, 15) is 0 Å². The van der Waals surface area contributed by atoms with Crippen molar-refractivity contribution in [3.05, 3.63) is 11.3 Å². The van der Waals surface area contributed by atoms with Crippen molar-refractivity contribution in [3.8, 4) is 0 Å². The zero-order chi connectivity index (χ0) is 6.97. The summed E-state index contributed by atoms with van der Waals surface area (Å²) < 4.78 is 2.03. The minimum atomic E-state index is 0.574. The topological polar surface area (TPSA) is 29.9 Å². The summed E-state index contributed by atoms with van der Waals surface area (Å²) in [5.74, 6) is 0.899. The van der Waals surface area contributed by atoms with E-state index in [-0.39, 0.29) is 0 Å². The molecule has 3 nitrogen and oxygen atoms in total. The molecular formula is C6H8ClN3. The molecule has 0 amide bonds. The molecule has 0 unspecified atom stereocenters. The maximum absolute atomic E-state index is 5.68. The fourth-order valence-corrected chi connectivity index (χ4v) is 1.34. The van der Waals surface area contributed by atoms with E-state index in [4.69, 9.17) is 11.6 Å². The fraction of sp³-hybridized carbons (Fsp3) is 0.500. The first-order valence-corrected chi connectivity index (χ1v) is 3.70. The first-order chi connectivity index (χ1) is 4.86. The minimum absolute atomic E-state index is 0.574. The van der Waals surface area contributed by atoms with E-state index >= 15 is 0 Å². The molecule has 0 aliphatic carbocycles. The van der Waals surface area contributed by atoms with Crippen molar-refractivity contribution in [2.45, 2.75) is 13.0 Å². The van der Waals surface area contributed by atoms with Gasteiger partial charge in [0.25, 0.3) is 0 Å². The minimum Gasteiger partial charge on any atom is -0.356 e. The maximum Gasteiger partial charge on any atom is 0.204 e. The molecular weight excluding hydrogens is 150 g/mol. The second-order valence-electron chi connectivity index (χ2n) is 2.36. The van der Waals surface area contributed by atoms with Crippen LogP contribution in [0, 0.1) is 0 Å². The number of hydrogen-bond donors (Lipinski definition) is 1. The number of aryl methyl sites for hydroxylation is 1. The highest BCUT2D eigenvalue weighted by atomic mass is 35.5. The highest BCUT2D eigenvalue weighted by molar-refractivity contribution is 6.29. The van der Waals surface area contributed by atoms with Crippen LogP contribution in [0.3, 0.4) is 0 Å². The van der Waals surface area contributed by atoms with Crippen LogP contribution in [0.5, 0.6) is 0 Å². The number of halogens is 1. The lowest BCUT2D eigenvalue weighted by Crippen LogP contribution is -2.16. The van der Waals surface area contributed by atoms with Gasteiger partial charge in [-0.1, -0.05) is 11.6 Å². The summed E-state index contributed by atoms with van der Waals surface area (Å²) in [6.45, 7) is 2.04. The van der Waals surface area contributed by atoms with Gasteiger partial charge in [-0.15, -0.1) is 0 Å². The summed E-state index contributed by atoms with van der Waals surface area (Å²) in [6.07, 6.45) is 3.00. The predicted molar refractivity (Wildman–Crippen MR) is 40.3 cm³/mol. The summed E-state index contributed by atoms with van der Waals surface area (Å²) in [6, 6.07) is 0. The Morgan fingerprint density at radius 3 is 3.40 bits per heavy atom. The van der Waals surface area contributed by atoms with Crippen molar-refractivity contribution >= 4 is 17.5 Å². The zero-order valence-corrected chi connectivity index (χ0v) is 6.23. The van der Waals surface area contributed by atoms with Gasteiger partial charge >= 0.3 is 0 Å². The van der Waals surface area contributed by atoms with Crippen LogP contribution in [0.2, 0.25) is 5.15 Å². The molecule has 0 fully saturated rings. The van der Waals surface area contributed by atoms with Gasteiger partial charge in [-0.2, -0.15) is 0 Å². The van der Waals surface area contributed by atoms with Crippen molar-refractivity contribution in [3.63, 3.8) is 0 Å². The van der Waals surface area contributed by atoms with Crippen LogP contribution < -0.4 is 5.32 Å². The molecule has 2 rings (SSSR count). The molecule has 1 aliphatic rings. The summed E-state index contributed by atoms with van der Waals surface area (Å²) >= 11 is 5.68. The standard InChI is InChI=1S/C6H8ClN3/c7-5-4-10-3-1-2-8-6(10)9-5/h4H,1-3H2,(H,8,9). The van der Waals surface area contributed by atoms with Gasteiger partial charge in [0.05, 0.1) is 0 Å². The van der Waals surface area contributed by atoms with Crippen LogP contribution in [0.25, 0.3) is 0 Å². The van der Waals surface area contributed by atoms with E-state index in [0.717, 1.165) is 25.5 Å². The van der Waals surface area contributed by atoms with Crippen molar-refractivity contribution in [1.82, 2.24) is 9.55 Å². The number of nitrogens with one attached hydrogen (secondary N) is 1. The third kappa shape index (κ3) is 0.865. The molecule has 54 valence electrons. The zero-order valence-electron chi connectivity index (χ0n) is 5.47. The first kappa shape index (κ1) is 6.04. The normalized spacial score (nSPS) is 16.1. The number of nitrogens with zero attached hydrogens (tertiary/aromatic N) is 2. The lowest BCUT2D eigenvalue weighted by Gasteiger charge is -2.14. The predicted octanol–water partition coefficient (Wildman–Crippen LogP) is 1.35. The van der Waals surface area contributed by atoms with Gasteiger partial charge in [-0.3, -0.25) is 0 Å². The van der Waals surface area contributed by atoms with Crippen LogP contribution in [0.15, 0.2) is 6.20 Å². The van der Waals surface area contributed by atoms with Crippen LogP contribution >= 0.6 is 11.6 Å². The average molecular weight is 158 g/mol. The summed E-state index contributed by atoms with van der Waals surface area (Å²) in [5, 5.41) is 3.72. The van der Waals surface area contributed by atoms with Crippen LogP contribution in [0.1, 0.15) is 6.42 Å². The SMILES string of the molecule is Clc1cn2c(n1)NCCC2. The highest BCUT2D eigenvalue weighted by Gasteiger charge is 2.09. The number of rotatable bonds is 0. The third-order valence-electron chi connectivity index (χ3n) is 1.61. The lowest BCUT2D eigenvalue weighted by atomic mass is 10.4. The Kier molecular flexibility index (Phi) is 1.31. The van der Waals surface area contributed by atoms with E-state index in [1.165, 1.54) is 0 Å². The smallest absolute Gasteiger partial charge is 0.204 e. The van der Waals surface area contributed by atoms with E-state index in [2.05, 4.69) is 10.3 Å². The van der Waals surface area contributed by atoms with Gasteiger partial charge in [0.2, 0.25) is 5.95 Å². The number of fused-ring (bicyclic) bond motifs is 1. The van der Waals surface area contributed by atoms with E-state index < -0.39 is 0 Å². The monoisotopic (exact) mass is 157 g/mol. The molecule has 1 aromatic heterocycles. The third-order valence-corrected chi connectivity index (χ3v) is 1.79. The molecule has 1 aromatic rings.